The molecule has 4 nitrogen and oxygen atoms in total. The van der Waals surface area contributed by atoms with Crippen LogP contribution in [-0.2, 0) is 17.9 Å². The number of rotatable bonds is 7. The number of para-hydroxylation sites is 1. The van der Waals surface area contributed by atoms with Crippen LogP contribution < -0.4 is 11.1 Å². The van der Waals surface area contributed by atoms with Gasteiger partial charge < -0.3 is 15.6 Å². The van der Waals surface area contributed by atoms with Crippen LogP contribution in [0.25, 0.3) is 10.9 Å². The topological polar surface area (TPSA) is 60.1 Å². The molecular formula is C21H25N3O. The summed E-state index contributed by atoms with van der Waals surface area (Å²) in [6.07, 6.45) is 1.02. The van der Waals surface area contributed by atoms with Crippen molar-refractivity contribution in [2.75, 3.05) is 0 Å². The lowest BCUT2D eigenvalue weighted by Gasteiger charge is -2.18. The summed E-state index contributed by atoms with van der Waals surface area (Å²) in [6, 6.07) is 19.0. The molecule has 1 heterocycles. The standard InChI is InChI=1S/C21H25N3O/c1-3-19(16-9-5-4-6-10-16)23-13-18-15(2)24(14-21(22)25)20-12-8-7-11-17(18)20/h4-12,19,23H,3,13-14H2,1-2H3,(H2,22,25)/t19-/m0/s1. The molecule has 3 N–H and O–H groups in total. The van der Waals surface area contributed by atoms with Gasteiger partial charge in [-0.2, -0.15) is 0 Å². The van der Waals surface area contributed by atoms with E-state index in [-0.39, 0.29) is 12.5 Å². The number of nitrogens with one attached hydrogen (secondary N) is 1. The second-order valence-electron chi connectivity index (χ2n) is 6.39. The largest absolute Gasteiger partial charge is 0.368 e. The number of fused-ring (bicyclic) bond motifs is 1. The highest BCUT2D eigenvalue weighted by atomic mass is 16.1. The van der Waals surface area contributed by atoms with Gasteiger partial charge in [0.25, 0.3) is 0 Å². The van der Waals surface area contributed by atoms with Crippen molar-refractivity contribution in [1.29, 1.82) is 0 Å². The van der Waals surface area contributed by atoms with Crippen LogP contribution in [0.1, 0.15) is 36.2 Å². The number of nitrogens with zero attached hydrogens (tertiary/aromatic N) is 1. The lowest BCUT2D eigenvalue weighted by molar-refractivity contribution is -0.118. The minimum atomic E-state index is -0.320. The van der Waals surface area contributed by atoms with Gasteiger partial charge in [-0.15, -0.1) is 0 Å². The number of amides is 1. The van der Waals surface area contributed by atoms with Crippen molar-refractivity contribution in [3.05, 3.63) is 71.4 Å². The SMILES string of the molecule is CC[C@H](NCc1c(C)n(CC(N)=O)c2ccccc12)c1ccccc1. The van der Waals surface area contributed by atoms with E-state index in [0.717, 1.165) is 24.2 Å². The Hall–Kier alpha value is -2.59. The molecular weight excluding hydrogens is 310 g/mol. The van der Waals surface area contributed by atoms with Crippen LogP contribution in [0.2, 0.25) is 0 Å². The summed E-state index contributed by atoms with van der Waals surface area (Å²) in [4.78, 5) is 11.5. The predicted octanol–water partition coefficient (Wildman–Crippen LogP) is 3.68. The first-order valence-corrected chi connectivity index (χ1v) is 8.75. The Morgan fingerprint density at radius 2 is 1.80 bits per heavy atom. The van der Waals surface area contributed by atoms with E-state index in [1.165, 1.54) is 16.5 Å². The minimum absolute atomic E-state index is 0.211. The van der Waals surface area contributed by atoms with Gasteiger partial charge in [0.1, 0.15) is 6.54 Å². The maximum Gasteiger partial charge on any atom is 0.237 e. The molecule has 0 aliphatic heterocycles. The van der Waals surface area contributed by atoms with Crippen molar-refractivity contribution >= 4 is 16.8 Å². The van der Waals surface area contributed by atoms with Gasteiger partial charge in [0, 0.05) is 29.2 Å². The first-order chi connectivity index (χ1) is 12.1. The highest BCUT2D eigenvalue weighted by molar-refractivity contribution is 5.87. The number of carbonyl (C=O) groups excluding carboxylic acids is 1. The number of aromatic nitrogens is 1. The second-order valence-corrected chi connectivity index (χ2v) is 6.39. The van der Waals surface area contributed by atoms with Crippen molar-refractivity contribution in [1.82, 2.24) is 9.88 Å². The molecule has 0 unspecified atom stereocenters. The van der Waals surface area contributed by atoms with Gasteiger partial charge in [-0.3, -0.25) is 4.79 Å². The molecule has 3 rings (SSSR count). The molecule has 0 bridgehead atoms. The van der Waals surface area contributed by atoms with E-state index < -0.39 is 0 Å². The zero-order valence-corrected chi connectivity index (χ0v) is 14.8. The van der Waals surface area contributed by atoms with Gasteiger partial charge in [0.15, 0.2) is 0 Å². The fourth-order valence-corrected chi connectivity index (χ4v) is 3.49. The lowest BCUT2D eigenvalue weighted by atomic mass is 10.0. The average molecular weight is 335 g/mol. The van der Waals surface area contributed by atoms with Crippen LogP contribution >= 0.6 is 0 Å². The molecule has 0 fully saturated rings. The molecule has 1 atom stereocenters. The van der Waals surface area contributed by atoms with Gasteiger partial charge >= 0.3 is 0 Å². The Morgan fingerprint density at radius 1 is 1.12 bits per heavy atom. The molecule has 0 spiro atoms. The Bertz CT molecular complexity index is 867. The zero-order valence-electron chi connectivity index (χ0n) is 14.8. The third-order valence-corrected chi connectivity index (χ3v) is 4.81. The number of hydrogen-bond acceptors (Lipinski definition) is 2. The maximum absolute atomic E-state index is 11.5. The summed E-state index contributed by atoms with van der Waals surface area (Å²) in [7, 11) is 0. The molecule has 4 heteroatoms. The van der Waals surface area contributed by atoms with Crippen LogP contribution in [0.5, 0.6) is 0 Å². The Labute approximate surface area is 148 Å². The molecule has 0 aliphatic rings. The smallest absolute Gasteiger partial charge is 0.237 e. The Balaban J connectivity index is 1.91. The second kappa shape index (κ2) is 7.53. The molecule has 0 saturated heterocycles. The number of carbonyl (C=O) groups is 1. The molecule has 1 aromatic heterocycles. The van der Waals surface area contributed by atoms with E-state index in [2.05, 4.69) is 49.5 Å². The summed E-state index contributed by atoms with van der Waals surface area (Å²) in [5.41, 5.74) is 10.1. The van der Waals surface area contributed by atoms with E-state index in [1.807, 2.05) is 28.8 Å². The van der Waals surface area contributed by atoms with Crippen LogP contribution in [0, 0.1) is 6.92 Å². The molecule has 130 valence electrons. The third-order valence-electron chi connectivity index (χ3n) is 4.81. The fourth-order valence-electron chi connectivity index (χ4n) is 3.49. The zero-order chi connectivity index (χ0) is 17.8. The van der Waals surface area contributed by atoms with Crippen LogP contribution in [0.15, 0.2) is 54.6 Å². The van der Waals surface area contributed by atoms with Crippen molar-refractivity contribution in [2.45, 2.75) is 39.4 Å². The summed E-state index contributed by atoms with van der Waals surface area (Å²) in [5.74, 6) is -0.320. The fraction of sp³-hybridized carbons (Fsp3) is 0.286. The molecule has 0 saturated carbocycles. The van der Waals surface area contributed by atoms with Crippen molar-refractivity contribution in [2.24, 2.45) is 5.73 Å². The highest BCUT2D eigenvalue weighted by Gasteiger charge is 2.16. The highest BCUT2D eigenvalue weighted by Crippen LogP contribution is 2.27. The summed E-state index contributed by atoms with van der Waals surface area (Å²) < 4.78 is 2.01. The number of hydrogen-bond donors (Lipinski definition) is 2. The van der Waals surface area contributed by atoms with E-state index in [4.69, 9.17) is 5.73 Å². The van der Waals surface area contributed by atoms with Crippen LogP contribution in [0.4, 0.5) is 0 Å². The van der Waals surface area contributed by atoms with Gasteiger partial charge in [-0.05, 0) is 30.5 Å². The first-order valence-electron chi connectivity index (χ1n) is 8.75. The number of benzene rings is 2. The van der Waals surface area contributed by atoms with Gasteiger partial charge in [0.2, 0.25) is 5.91 Å². The first kappa shape index (κ1) is 17.2. The average Bonchev–Trinajstić information content (AvgIpc) is 2.88. The molecule has 25 heavy (non-hydrogen) atoms. The Morgan fingerprint density at radius 3 is 2.48 bits per heavy atom. The molecule has 0 radical (unpaired) electrons. The van der Waals surface area contributed by atoms with E-state index >= 15 is 0 Å². The molecule has 3 aromatic rings. The maximum atomic E-state index is 11.5. The van der Waals surface area contributed by atoms with Crippen LogP contribution in [0.3, 0.4) is 0 Å². The van der Waals surface area contributed by atoms with Gasteiger partial charge in [0.05, 0.1) is 0 Å². The monoisotopic (exact) mass is 335 g/mol. The van der Waals surface area contributed by atoms with Gasteiger partial charge in [-0.1, -0.05) is 55.5 Å². The summed E-state index contributed by atoms with van der Waals surface area (Å²) >= 11 is 0. The number of primary amides is 1. The quantitative estimate of drug-likeness (QED) is 0.692. The normalized spacial score (nSPS) is 12.4. The van der Waals surface area contributed by atoms with E-state index in [9.17, 15) is 4.79 Å². The number of nitrogens with two attached hydrogens (primary N) is 1. The molecule has 0 aliphatic carbocycles. The van der Waals surface area contributed by atoms with Crippen molar-refractivity contribution < 1.29 is 4.79 Å². The van der Waals surface area contributed by atoms with E-state index in [0.29, 0.717) is 6.04 Å². The summed E-state index contributed by atoms with van der Waals surface area (Å²) in [5, 5.41) is 4.85. The van der Waals surface area contributed by atoms with Crippen LogP contribution in [-0.4, -0.2) is 10.5 Å². The molecule has 1 amide bonds. The van der Waals surface area contributed by atoms with Crippen molar-refractivity contribution in [3.8, 4) is 0 Å². The summed E-state index contributed by atoms with van der Waals surface area (Å²) in [6.45, 7) is 5.21. The van der Waals surface area contributed by atoms with Gasteiger partial charge in [-0.25, -0.2) is 0 Å². The molecule has 2 aromatic carbocycles. The predicted molar refractivity (Wildman–Crippen MR) is 102 cm³/mol. The third kappa shape index (κ3) is 3.59. The minimum Gasteiger partial charge on any atom is -0.368 e. The van der Waals surface area contributed by atoms with E-state index in [1.54, 1.807) is 0 Å². The van der Waals surface area contributed by atoms with Crippen molar-refractivity contribution in [3.63, 3.8) is 0 Å². The Kier molecular flexibility index (Phi) is 5.19. The lowest BCUT2D eigenvalue weighted by Crippen LogP contribution is -2.21.